The molecule has 4 aromatic rings. The van der Waals surface area contributed by atoms with Gasteiger partial charge in [0, 0.05) is 22.0 Å². The lowest BCUT2D eigenvalue weighted by Crippen LogP contribution is -1.84. The largest absolute Gasteiger partial charge is 0.508 e. The predicted molar refractivity (Wildman–Crippen MR) is 96.7 cm³/mol. The van der Waals surface area contributed by atoms with Crippen LogP contribution in [0.2, 0.25) is 0 Å². The molecule has 1 N–H and O–H groups in total. The molecule has 0 bridgehead atoms. The van der Waals surface area contributed by atoms with Crippen LogP contribution in [0.3, 0.4) is 0 Å². The van der Waals surface area contributed by atoms with Crippen molar-refractivity contribution in [1.82, 2.24) is 3.97 Å². The summed E-state index contributed by atoms with van der Waals surface area (Å²) in [5.74, 6) is -0.00387. The molecule has 0 fully saturated rings. The van der Waals surface area contributed by atoms with E-state index in [-0.39, 0.29) is 11.6 Å². The van der Waals surface area contributed by atoms with Crippen molar-refractivity contribution in [1.29, 1.82) is 0 Å². The average molecular weight is 335 g/mol. The minimum Gasteiger partial charge on any atom is -0.508 e. The van der Waals surface area contributed by atoms with Crippen LogP contribution >= 0.6 is 11.9 Å². The number of phenols is 1. The Morgan fingerprint density at radius 1 is 0.875 bits per heavy atom. The summed E-state index contributed by atoms with van der Waals surface area (Å²) in [6, 6.07) is 21.8. The first-order chi connectivity index (χ1) is 11.7. The van der Waals surface area contributed by atoms with E-state index in [1.165, 1.54) is 24.1 Å². The fraction of sp³-hybridized carbons (Fsp3) is 0. The van der Waals surface area contributed by atoms with Crippen molar-refractivity contribution in [3.8, 4) is 16.9 Å². The fourth-order valence-electron chi connectivity index (χ4n) is 2.72. The molecule has 0 saturated heterocycles. The molecule has 24 heavy (non-hydrogen) atoms. The number of fused-ring (bicyclic) bond motifs is 1. The lowest BCUT2D eigenvalue weighted by Gasteiger charge is -2.04. The summed E-state index contributed by atoms with van der Waals surface area (Å²) in [7, 11) is 0. The highest BCUT2D eigenvalue weighted by Gasteiger charge is 2.12. The molecule has 0 unspecified atom stereocenters. The zero-order valence-electron chi connectivity index (χ0n) is 12.7. The van der Waals surface area contributed by atoms with Crippen LogP contribution in [-0.2, 0) is 0 Å². The van der Waals surface area contributed by atoms with Crippen LogP contribution in [0.25, 0.3) is 22.0 Å². The van der Waals surface area contributed by atoms with Crippen molar-refractivity contribution in [2.75, 3.05) is 0 Å². The second-order valence-electron chi connectivity index (χ2n) is 5.48. The van der Waals surface area contributed by atoms with E-state index in [2.05, 4.69) is 0 Å². The van der Waals surface area contributed by atoms with Crippen LogP contribution in [0.15, 0.2) is 83.9 Å². The summed E-state index contributed by atoms with van der Waals surface area (Å²) in [6.07, 6.45) is 2.05. The summed E-state index contributed by atoms with van der Waals surface area (Å²) in [6.45, 7) is 0. The zero-order valence-corrected chi connectivity index (χ0v) is 13.5. The molecule has 0 radical (unpaired) electrons. The van der Waals surface area contributed by atoms with E-state index in [1.807, 2.05) is 46.6 Å². The maximum atomic E-state index is 13.1. The van der Waals surface area contributed by atoms with E-state index in [0.29, 0.717) is 0 Å². The Labute approximate surface area is 143 Å². The van der Waals surface area contributed by atoms with Crippen LogP contribution in [-0.4, -0.2) is 9.08 Å². The smallest absolute Gasteiger partial charge is 0.123 e. The van der Waals surface area contributed by atoms with Gasteiger partial charge in [0.05, 0.1) is 5.52 Å². The van der Waals surface area contributed by atoms with Crippen molar-refractivity contribution >= 4 is 22.9 Å². The van der Waals surface area contributed by atoms with E-state index in [1.54, 1.807) is 24.3 Å². The zero-order chi connectivity index (χ0) is 16.5. The number of halogens is 1. The first-order valence-corrected chi connectivity index (χ1v) is 8.31. The highest BCUT2D eigenvalue weighted by atomic mass is 32.2. The third-order valence-electron chi connectivity index (χ3n) is 3.86. The molecule has 4 heteroatoms. The second-order valence-corrected chi connectivity index (χ2v) is 6.53. The van der Waals surface area contributed by atoms with Gasteiger partial charge in [0.25, 0.3) is 0 Å². The van der Waals surface area contributed by atoms with Crippen molar-refractivity contribution in [3.63, 3.8) is 0 Å². The van der Waals surface area contributed by atoms with Crippen LogP contribution in [0.1, 0.15) is 0 Å². The van der Waals surface area contributed by atoms with Gasteiger partial charge >= 0.3 is 0 Å². The third-order valence-corrected chi connectivity index (χ3v) is 4.84. The van der Waals surface area contributed by atoms with Gasteiger partial charge in [-0.2, -0.15) is 0 Å². The Morgan fingerprint density at radius 2 is 1.62 bits per heavy atom. The molecule has 2 nitrogen and oxygen atoms in total. The van der Waals surface area contributed by atoms with E-state index in [9.17, 15) is 9.50 Å². The molecule has 1 heterocycles. The van der Waals surface area contributed by atoms with Gasteiger partial charge in [0.2, 0.25) is 0 Å². The highest BCUT2D eigenvalue weighted by Crippen LogP contribution is 2.36. The van der Waals surface area contributed by atoms with Crippen LogP contribution in [0.5, 0.6) is 5.75 Å². The van der Waals surface area contributed by atoms with Crippen molar-refractivity contribution < 1.29 is 9.50 Å². The number of aromatic nitrogens is 1. The summed E-state index contributed by atoms with van der Waals surface area (Å²) in [4.78, 5) is 0.945. The summed E-state index contributed by atoms with van der Waals surface area (Å²) < 4.78 is 15.2. The van der Waals surface area contributed by atoms with Gasteiger partial charge in [-0.05, 0) is 60.0 Å². The Hall–Kier alpha value is -2.72. The van der Waals surface area contributed by atoms with Gasteiger partial charge in [-0.15, -0.1) is 0 Å². The number of phenolic OH excluding ortho intramolecular Hbond substituents is 1. The van der Waals surface area contributed by atoms with Gasteiger partial charge in [-0.1, -0.05) is 30.3 Å². The van der Waals surface area contributed by atoms with Crippen molar-refractivity contribution in [3.05, 3.63) is 84.8 Å². The standard InChI is InChI=1S/C20H14FNOS/c21-15-6-9-17(10-7-15)24-22-13-19(14-4-2-1-3-5-14)18-12-16(23)8-11-20(18)22/h1-13,23H. The average Bonchev–Trinajstić information content (AvgIpc) is 2.95. The number of benzene rings is 3. The quantitative estimate of drug-likeness (QED) is 0.519. The fourth-order valence-corrected chi connectivity index (χ4v) is 3.62. The topological polar surface area (TPSA) is 25.2 Å². The van der Waals surface area contributed by atoms with Crippen molar-refractivity contribution in [2.45, 2.75) is 4.90 Å². The molecule has 0 saturated carbocycles. The van der Waals surface area contributed by atoms with Crippen LogP contribution in [0, 0.1) is 5.82 Å². The minimum absolute atomic E-state index is 0.240. The van der Waals surface area contributed by atoms with E-state index in [4.69, 9.17) is 0 Å². The number of nitrogens with zero attached hydrogens (tertiary/aromatic N) is 1. The van der Waals surface area contributed by atoms with Gasteiger partial charge in [0.1, 0.15) is 11.6 Å². The molecular weight excluding hydrogens is 321 g/mol. The predicted octanol–water partition coefficient (Wildman–Crippen LogP) is 5.71. The lowest BCUT2D eigenvalue weighted by molar-refractivity contribution is 0.476. The maximum absolute atomic E-state index is 13.1. The summed E-state index contributed by atoms with van der Waals surface area (Å²) in [5.41, 5.74) is 3.14. The third kappa shape index (κ3) is 2.76. The normalized spacial score (nSPS) is 11.0. The molecule has 3 aromatic carbocycles. The van der Waals surface area contributed by atoms with Gasteiger partial charge in [0.15, 0.2) is 0 Å². The Morgan fingerprint density at radius 3 is 2.38 bits per heavy atom. The lowest BCUT2D eigenvalue weighted by atomic mass is 10.1. The molecule has 4 rings (SSSR count). The molecule has 0 aliphatic heterocycles. The van der Waals surface area contributed by atoms with Gasteiger partial charge in [-0.25, -0.2) is 4.39 Å². The number of hydrogen-bond acceptors (Lipinski definition) is 2. The van der Waals surface area contributed by atoms with E-state index >= 15 is 0 Å². The van der Waals surface area contributed by atoms with Gasteiger partial charge in [-0.3, -0.25) is 3.97 Å². The molecule has 0 aliphatic carbocycles. The van der Waals surface area contributed by atoms with E-state index in [0.717, 1.165) is 26.9 Å². The Kier molecular flexibility index (Phi) is 3.75. The second kappa shape index (κ2) is 6.06. The first-order valence-electron chi connectivity index (χ1n) is 7.54. The monoisotopic (exact) mass is 335 g/mol. The molecule has 0 spiro atoms. The molecular formula is C20H14FNOS. The molecule has 118 valence electrons. The SMILES string of the molecule is Oc1ccc2c(c1)c(-c1ccccc1)cn2Sc1ccc(F)cc1. The molecule has 0 aliphatic rings. The Balaban J connectivity index is 1.85. The first kappa shape index (κ1) is 14.8. The Bertz CT molecular complexity index is 994. The highest BCUT2D eigenvalue weighted by molar-refractivity contribution is 7.98. The summed E-state index contributed by atoms with van der Waals surface area (Å²) >= 11 is 1.52. The number of aromatic hydroxyl groups is 1. The minimum atomic E-state index is -0.244. The number of rotatable bonds is 3. The van der Waals surface area contributed by atoms with Crippen molar-refractivity contribution in [2.24, 2.45) is 0 Å². The van der Waals surface area contributed by atoms with Crippen LogP contribution < -0.4 is 0 Å². The molecule has 0 amide bonds. The van der Waals surface area contributed by atoms with Gasteiger partial charge < -0.3 is 5.11 Å². The molecule has 0 atom stereocenters. The van der Waals surface area contributed by atoms with Crippen LogP contribution in [0.4, 0.5) is 4.39 Å². The maximum Gasteiger partial charge on any atom is 0.123 e. The number of hydrogen-bond donors (Lipinski definition) is 1. The molecule has 1 aromatic heterocycles. The summed E-state index contributed by atoms with van der Waals surface area (Å²) in [5, 5.41) is 10.9. The van der Waals surface area contributed by atoms with E-state index < -0.39 is 0 Å².